The highest BCUT2D eigenvalue weighted by Crippen LogP contribution is 2.43. The second-order valence-corrected chi connectivity index (χ2v) is 20.7. The molecule has 2 saturated heterocycles. The van der Waals surface area contributed by atoms with E-state index in [-0.39, 0.29) is 61.7 Å². The van der Waals surface area contributed by atoms with E-state index in [4.69, 9.17) is 9.72 Å². The minimum Gasteiger partial charge on any atom is -0.508 e. The van der Waals surface area contributed by atoms with E-state index < -0.39 is 47.2 Å². The van der Waals surface area contributed by atoms with Gasteiger partial charge < -0.3 is 29.5 Å². The molecule has 4 N–H and O–H groups in total. The number of aromatic nitrogens is 2. The lowest BCUT2D eigenvalue weighted by atomic mass is 9.83. The highest BCUT2D eigenvalue weighted by atomic mass is 16.5. The lowest BCUT2D eigenvalue weighted by Gasteiger charge is -2.37. The maximum atomic E-state index is 14.7. The van der Waals surface area contributed by atoms with Crippen molar-refractivity contribution in [2.45, 2.75) is 130 Å². The molecule has 4 amide bonds. The highest BCUT2D eigenvalue weighted by Gasteiger charge is 2.52. The highest BCUT2D eigenvalue weighted by molar-refractivity contribution is 5.96. The van der Waals surface area contributed by atoms with Crippen molar-refractivity contribution in [1.29, 1.82) is 0 Å². The van der Waals surface area contributed by atoms with Crippen LogP contribution in [0.1, 0.15) is 96.9 Å². The van der Waals surface area contributed by atoms with E-state index in [1.807, 2.05) is 38.2 Å². The zero-order valence-corrected chi connectivity index (χ0v) is 40.5. The van der Waals surface area contributed by atoms with Gasteiger partial charge in [-0.05, 0) is 115 Å². The van der Waals surface area contributed by atoms with Crippen molar-refractivity contribution in [1.82, 2.24) is 40.4 Å². The molecular weight excluding hydrogens is 849 g/mol. The number of phenols is 1. The number of fused-ring (bicyclic) bond motifs is 6. The number of hydrazine groups is 1. The molecule has 3 aliphatic heterocycles. The van der Waals surface area contributed by atoms with Gasteiger partial charge in [0.15, 0.2) is 0 Å². The van der Waals surface area contributed by atoms with Crippen molar-refractivity contribution in [2.75, 3.05) is 33.8 Å². The van der Waals surface area contributed by atoms with Gasteiger partial charge in [0, 0.05) is 67.7 Å². The second-order valence-electron chi connectivity index (χ2n) is 20.7. The summed E-state index contributed by atoms with van der Waals surface area (Å²) in [5.41, 5.74) is 10.1. The van der Waals surface area contributed by atoms with Gasteiger partial charge in [-0.25, -0.2) is 5.43 Å². The van der Waals surface area contributed by atoms with Gasteiger partial charge in [-0.3, -0.25) is 39.3 Å². The van der Waals surface area contributed by atoms with E-state index in [1.54, 1.807) is 26.2 Å². The normalized spacial score (nSPS) is 22.3. The molecule has 5 atom stereocenters. The van der Waals surface area contributed by atoms with Crippen molar-refractivity contribution in [3.63, 3.8) is 0 Å². The number of hydrogen-bond acceptors (Lipinski definition) is 10. The van der Waals surface area contributed by atoms with Gasteiger partial charge in [-0.2, -0.15) is 0 Å². The number of pyridine rings is 1. The summed E-state index contributed by atoms with van der Waals surface area (Å²) in [6.07, 6.45) is 5.57. The van der Waals surface area contributed by atoms with Crippen molar-refractivity contribution >= 4 is 40.5 Å². The number of likely N-dealkylation sites (N-methyl/N-ethyl adjacent to an activating group) is 2. The summed E-state index contributed by atoms with van der Waals surface area (Å²) in [5.74, 6) is -1.74. The predicted octanol–water partition coefficient (Wildman–Crippen LogP) is 5.56. The van der Waals surface area contributed by atoms with E-state index in [0.29, 0.717) is 37.3 Å². The summed E-state index contributed by atoms with van der Waals surface area (Å²) in [7, 11) is 3.15. The summed E-state index contributed by atoms with van der Waals surface area (Å²) in [4.78, 5) is 77.7. The number of carbonyl (C=O) groups is 5. The van der Waals surface area contributed by atoms with Crippen LogP contribution >= 0.6 is 0 Å². The van der Waals surface area contributed by atoms with Crippen LogP contribution in [0.5, 0.6) is 5.75 Å². The first kappa shape index (κ1) is 47.7. The number of carbonyl (C=O) groups excluding carboxylic acids is 5. The average Bonchev–Trinajstić information content (AvgIpc) is 4.24. The minimum atomic E-state index is -1.17. The molecule has 358 valence electrons. The molecule has 4 aromatic rings. The van der Waals surface area contributed by atoms with E-state index in [9.17, 15) is 29.1 Å². The molecule has 6 bridgehead atoms. The molecule has 15 nitrogen and oxygen atoms in total. The molecule has 0 spiro atoms. The summed E-state index contributed by atoms with van der Waals surface area (Å²) >= 11 is 0. The number of esters is 1. The monoisotopic (exact) mass is 917 g/mol. The Bertz CT molecular complexity index is 2560. The molecule has 1 saturated carbocycles. The number of hydrogen-bond donors (Lipinski definition) is 4. The van der Waals surface area contributed by atoms with E-state index >= 15 is 0 Å². The summed E-state index contributed by atoms with van der Waals surface area (Å²) in [6, 6.07) is 12.6. The number of nitrogens with zero attached hydrogens (tertiary/aromatic N) is 5. The number of phenolic OH excluding ortho intramolecular Hbond substituents is 1. The maximum Gasteiger partial charge on any atom is 0.324 e. The lowest BCUT2D eigenvalue weighted by Crippen LogP contribution is -2.62. The lowest BCUT2D eigenvalue weighted by molar-refractivity contribution is -0.155. The van der Waals surface area contributed by atoms with Gasteiger partial charge >= 0.3 is 5.97 Å². The zero-order valence-electron chi connectivity index (χ0n) is 40.5. The van der Waals surface area contributed by atoms with Crippen LogP contribution < -0.4 is 16.1 Å². The average molecular weight is 917 g/mol. The molecule has 67 heavy (non-hydrogen) atoms. The molecule has 2 aromatic heterocycles. The fraction of sp³-hybridized carbons (Fsp3) is 0.538. The van der Waals surface area contributed by atoms with Crippen molar-refractivity contribution in [3.8, 4) is 28.1 Å². The smallest absolute Gasteiger partial charge is 0.324 e. The van der Waals surface area contributed by atoms with Crippen molar-refractivity contribution in [2.24, 2.45) is 17.3 Å². The Labute approximate surface area is 394 Å². The van der Waals surface area contributed by atoms with Crippen LogP contribution in [0.25, 0.3) is 33.3 Å². The molecule has 4 aliphatic rings. The molecule has 8 rings (SSSR count). The Hall–Kier alpha value is -5.80. The number of amides is 4. The zero-order chi connectivity index (χ0) is 48.1. The van der Waals surface area contributed by atoms with Gasteiger partial charge in [-0.1, -0.05) is 53.7 Å². The van der Waals surface area contributed by atoms with Crippen LogP contribution in [0, 0.1) is 17.3 Å². The Morgan fingerprint density at radius 1 is 1.01 bits per heavy atom. The minimum absolute atomic E-state index is 0.00236. The fourth-order valence-electron chi connectivity index (χ4n) is 10.3. The van der Waals surface area contributed by atoms with Crippen LogP contribution in [0.3, 0.4) is 0 Å². The quantitative estimate of drug-likeness (QED) is 0.110. The third kappa shape index (κ3) is 10.1. The second kappa shape index (κ2) is 19.1. The number of benzene rings is 2. The van der Waals surface area contributed by atoms with E-state index in [2.05, 4.69) is 73.4 Å². The Balaban J connectivity index is 1.15. The van der Waals surface area contributed by atoms with Gasteiger partial charge in [0.25, 0.3) is 5.91 Å². The van der Waals surface area contributed by atoms with Gasteiger partial charge in [-0.15, -0.1) is 0 Å². The molecule has 1 aliphatic carbocycles. The van der Waals surface area contributed by atoms with Gasteiger partial charge in [0.2, 0.25) is 17.7 Å². The Kier molecular flexibility index (Phi) is 13.6. The van der Waals surface area contributed by atoms with Crippen LogP contribution in [0.4, 0.5) is 0 Å². The van der Waals surface area contributed by atoms with Gasteiger partial charge in [0.1, 0.15) is 29.9 Å². The topological polar surface area (TPSA) is 188 Å². The first-order chi connectivity index (χ1) is 31.8. The Morgan fingerprint density at radius 3 is 2.48 bits per heavy atom. The molecule has 5 heterocycles. The number of aromatic hydroxyl groups is 1. The van der Waals surface area contributed by atoms with Crippen molar-refractivity contribution in [3.05, 3.63) is 71.5 Å². The first-order valence-corrected chi connectivity index (χ1v) is 24.1. The SMILES string of the molecule is CCn1c(-c2cccnc2C(C)C)c2c3cc(ccc31)-c1cc(O)cc(c1)C[C@H](NC(=O)[C@H](C(C)C)N(C)C(=O)CN(C)C(=O)[C@H]1N[C@H]1C1CC1)C(=O)N1CCC[C@H](N1)C(=O)OCC(C)(C)C2. The molecule has 0 radical (unpaired) electrons. The standard InChI is InChI=1S/C52H68N8O7/c1-10-59-41-18-17-33-25-37(41)38(47(59)36-13-11-19-53-43(36)29(2)3)26-52(6,7)28-67-51(66)39-14-12-20-60(56-39)49(64)40(23-31-21-34(33)24-35(61)22-31)54-48(63)46(30(4)5)58(9)42(62)27-57(8)50(65)45-44(55-45)32-15-16-32/h11,13,17-19,21-22,24-25,29-30,32,39-40,44-46,55-56,61H,10,12,14-16,20,23,26-28H2,1-9H3,(H,54,63)/t39-,40-,44-,45-,46-/m0/s1. The first-order valence-electron chi connectivity index (χ1n) is 24.1. The van der Waals surface area contributed by atoms with Crippen LogP contribution in [-0.2, 0) is 48.1 Å². The Morgan fingerprint density at radius 2 is 1.78 bits per heavy atom. The molecule has 3 fully saturated rings. The van der Waals surface area contributed by atoms with Crippen LogP contribution in [-0.4, -0.2) is 123 Å². The number of ether oxygens (including phenoxy) is 1. The van der Waals surface area contributed by atoms with Crippen LogP contribution in [0.15, 0.2) is 54.7 Å². The number of nitrogens with one attached hydrogen (secondary N) is 3. The molecule has 2 aromatic carbocycles. The van der Waals surface area contributed by atoms with Gasteiger partial charge in [0.05, 0.1) is 24.5 Å². The van der Waals surface area contributed by atoms with E-state index in [1.165, 1.54) is 14.8 Å². The van der Waals surface area contributed by atoms with E-state index in [0.717, 1.165) is 57.4 Å². The molecular formula is C52H68N8O7. The fourth-order valence-corrected chi connectivity index (χ4v) is 10.3. The number of aryl methyl sites for hydroxylation is 1. The summed E-state index contributed by atoms with van der Waals surface area (Å²) < 4.78 is 8.45. The largest absolute Gasteiger partial charge is 0.508 e. The van der Waals surface area contributed by atoms with Crippen LogP contribution in [0.2, 0.25) is 0 Å². The molecule has 0 unspecified atom stereocenters. The maximum absolute atomic E-state index is 14.7. The number of cyclic esters (lactones) is 1. The summed E-state index contributed by atoms with van der Waals surface area (Å²) in [6.45, 7) is 15.2. The summed E-state index contributed by atoms with van der Waals surface area (Å²) in [5, 5.41) is 20.0. The molecule has 15 heteroatoms. The predicted molar refractivity (Wildman–Crippen MR) is 256 cm³/mol. The van der Waals surface area contributed by atoms with Crippen molar-refractivity contribution < 1.29 is 33.8 Å². The third-order valence-electron chi connectivity index (χ3n) is 14.0. The number of rotatable bonds is 11. The third-order valence-corrected chi connectivity index (χ3v) is 14.0.